The van der Waals surface area contributed by atoms with Crippen molar-refractivity contribution in [3.63, 3.8) is 0 Å². The van der Waals surface area contributed by atoms with Crippen LogP contribution in [0.3, 0.4) is 0 Å². The zero-order valence-corrected chi connectivity index (χ0v) is 13.1. The molecule has 2 aromatic rings. The van der Waals surface area contributed by atoms with E-state index in [2.05, 4.69) is 11.9 Å². The number of para-hydroxylation sites is 1. The van der Waals surface area contributed by atoms with Crippen molar-refractivity contribution in [2.45, 2.75) is 52.7 Å². The van der Waals surface area contributed by atoms with Gasteiger partial charge in [0.05, 0.1) is 17.3 Å². The van der Waals surface area contributed by atoms with E-state index in [1.54, 1.807) is 0 Å². The predicted octanol–water partition coefficient (Wildman–Crippen LogP) is 3.08. The van der Waals surface area contributed by atoms with Gasteiger partial charge in [0.2, 0.25) is 0 Å². The molecule has 0 aliphatic rings. The molecule has 114 valence electrons. The Morgan fingerprint density at radius 2 is 2.10 bits per heavy atom. The van der Waals surface area contributed by atoms with Gasteiger partial charge in [0, 0.05) is 6.42 Å². The third kappa shape index (κ3) is 3.01. The van der Waals surface area contributed by atoms with E-state index in [1.165, 1.54) is 0 Å². The fraction of sp³-hybridized carbons (Fsp3) is 0.500. The van der Waals surface area contributed by atoms with Gasteiger partial charge in [0.1, 0.15) is 17.4 Å². The second kappa shape index (κ2) is 6.16. The molecule has 2 rings (SSSR count). The zero-order chi connectivity index (χ0) is 15.6. The van der Waals surface area contributed by atoms with Crippen LogP contribution in [0.5, 0.6) is 0 Å². The fourth-order valence-electron chi connectivity index (χ4n) is 2.46. The summed E-state index contributed by atoms with van der Waals surface area (Å²) < 4.78 is 7.27. The van der Waals surface area contributed by atoms with Crippen LogP contribution in [-0.2, 0) is 16.0 Å². The number of hydrogen-bond acceptors (Lipinski definition) is 4. The Morgan fingerprint density at radius 1 is 1.38 bits per heavy atom. The normalized spacial score (nSPS) is 12.8. The molecule has 1 aromatic carbocycles. The van der Waals surface area contributed by atoms with Gasteiger partial charge in [-0.15, -0.1) is 0 Å². The number of fused-ring (bicyclic) bond motifs is 1. The number of anilines is 1. The number of esters is 1. The summed E-state index contributed by atoms with van der Waals surface area (Å²) in [5.41, 5.74) is 8.27. The molecule has 0 radical (unpaired) electrons. The first-order chi connectivity index (χ1) is 9.95. The van der Waals surface area contributed by atoms with Crippen LogP contribution in [0.25, 0.3) is 11.0 Å². The third-order valence-electron chi connectivity index (χ3n) is 3.38. The van der Waals surface area contributed by atoms with Crippen molar-refractivity contribution in [1.82, 2.24) is 9.55 Å². The van der Waals surface area contributed by atoms with Crippen LogP contribution in [0.2, 0.25) is 0 Å². The number of rotatable bonds is 5. The quantitative estimate of drug-likeness (QED) is 0.678. The number of nitrogen functional groups attached to an aromatic ring is 1. The lowest BCUT2D eigenvalue weighted by molar-refractivity contribution is -0.150. The highest BCUT2D eigenvalue weighted by Gasteiger charge is 2.23. The van der Waals surface area contributed by atoms with Crippen LogP contribution in [0.4, 0.5) is 5.69 Å². The van der Waals surface area contributed by atoms with Gasteiger partial charge in [-0.2, -0.15) is 0 Å². The number of nitrogens with zero attached hydrogens (tertiary/aromatic N) is 2. The molecule has 0 saturated heterocycles. The summed E-state index contributed by atoms with van der Waals surface area (Å²) in [6.45, 7) is 7.63. The highest BCUT2D eigenvalue weighted by atomic mass is 16.5. The molecular weight excluding hydrogens is 266 g/mol. The van der Waals surface area contributed by atoms with E-state index < -0.39 is 6.04 Å². The molecule has 2 N–H and O–H groups in total. The van der Waals surface area contributed by atoms with E-state index in [0.29, 0.717) is 5.69 Å². The lowest BCUT2D eigenvalue weighted by atomic mass is 10.2. The van der Waals surface area contributed by atoms with Crippen molar-refractivity contribution in [3.8, 4) is 0 Å². The maximum absolute atomic E-state index is 12.2. The molecule has 5 nitrogen and oxygen atoms in total. The van der Waals surface area contributed by atoms with Gasteiger partial charge in [-0.25, -0.2) is 9.78 Å². The van der Waals surface area contributed by atoms with Gasteiger partial charge in [-0.3, -0.25) is 0 Å². The van der Waals surface area contributed by atoms with Crippen LogP contribution in [0.15, 0.2) is 18.2 Å². The number of ether oxygens (including phenoxy) is 1. The number of benzene rings is 1. The second-order valence-corrected chi connectivity index (χ2v) is 5.52. The lowest BCUT2D eigenvalue weighted by Gasteiger charge is -2.18. The SMILES string of the molecule is CCCc1nc2c(N)cccc2n1C(C)C(=O)OC(C)C. The van der Waals surface area contributed by atoms with Crippen LogP contribution < -0.4 is 5.73 Å². The van der Waals surface area contributed by atoms with Gasteiger partial charge in [0.25, 0.3) is 0 Å². The predicted molar refractivity (Wildman–Crippen MR) is 84.1 cm³/mol. The van der Waals surface area contributed by atoms with E-state index in [9.17, 15) is 4.79 Å². The number of aryl methyl sites for hydroxylation is 1. The molecule has 21 heavy (non-hydrogen) atoms. The minimum Gasteiger partial charge on any atom is -0.461 e. The molecule has 0 bridgehead atoms. The van der Waals surface area contributed by atoms with Crippen molar-refractivity contribution in [2.24, 2.45) is 0 Å². The van der Waals surface area contributed by atoms with E-state index in [4.69, 9.17) is 10.5 Å². The molecule has 1 unspecified atom stereocenters. The summed E-state index contributed by atoms with van der Waals surface area (Å²) in [6.07, 6.45) is 1.62. The third-order valence-corrected chi connectivity index (χ3v) is 3.38. The first kappa shape index (κ1) is 15.4. The number of carbonyl (C=O) groups is 1. The highest BCUT2D eigenvalue weighted by Crippen LogP contribution is 2.26. The minimum atomic E-state index is -0.416. The zero-order valence-electron chi connectivity index (χ0n) is 13.1. The molecule has 1 atom stereocenters. The van der Waals surface area contributed by atoms with Crippen molar-refractivity contribution in [1.29, 1.82) is 0 Å². The van der Waals surface area contributed by atoms with Gasteiger partial charge >= 0.3 is 5.97 Å². The molecule has 1 heterocycles. The lowest BCUT2D eigenvalue weighted by Crippen LogP contribution is -2.23. The van der Waals surface area contributed by atoms with E-state index >= 15 is 0 Å². The summed E-state index contributed by atoms with van der Waals surface area (Å²) >= 11 is 0. The van der Waals surface area contributed by atoms with E-state index in [1.807, 2.05) is 43.5 Å². The number of hydrogen-bond donors (Lipinski definition) is 1. The minimum absolute atomic E-state index is 0.130. The Labute approximate surface area is 125 Å². The van der Waals surface area contributed by atoms with Gasteiger partial charge in [-0.1, -0.05) is 13.0 Å². The number of nitrogens with two attached hydrogens (primary N) is 1. The molecule has 0 spiro atoms. The Kier molecular flexibility index (Phi) is 4.50. The van der Waals surface area contributed by atoms with Crippen LogP contribution in [0, 0.1) is 0 Å². The molecule has 0 amide bonds. The van der Waals surface area contributed by atoms with E-state index in [-0.39, 0.29) is 12.1 Å². The van der Waals surface area contributed by atoms with Gasteiger partial charge in [0.15, 0.2) is 0 Å². The number of aromatic nitrogens is 2. The Morgan fingerprint density at radius 3 is 2.71 bits per heavy atom. The average Bonchev–Trinajstić information content (AvgIpc) is 2.77. The van der Waals surface area contributed by atoms with Crippen LogP contribution in [-0.4, -0.2) is 21.6 Å². The number of imidazole rings is 1. The molecular formula is C16H23N3O2. The summed E-state index contributed by atoms with van der Waals surface area (Å²) in [6, 6.07) is 5.23. The summed E-state index contributed by atoms with van der Waals surface area (Å²) in [5, 5.41) is 0. The molecule has 0 aliphatic carbocycles. The van der Waals surface area contributed by atoms with Crippen molar-refractivity contribution >= 4 is 22.7 Å². The molecule has 1 aromatic heterocycles. The standard InChI is InChI=1S/C16H23N3O2/c1-5-7-14-18-15-12(17)8-6-9-13(15)19(14)11(4)16(20)21-10(2)3/h6,8-11H,5,7,17H2,1-4H3. The number of carbonyl (C=O) groups excluding carboxylic acids is 1. The topological polar surface area (TPSA) is 70.1 Å². The Bertz CT molecular complexity index is 646. The highest BCUT2D eigenvalue weighted by molar-refractivity contribution is 5.89. The maximum atomic E-state index is 12.2. The monoisotopic (exact) mass is 289 g/mol. The van der Waals surface area contributed by atoms with Gasteiger partial charge < -0.3 is 15.0 Å². The van der Waals surface area contributed by atoms with Crippen LogP contribution >= 0.6 is 0 Å². The maximum Gasteiger partial charge on any atom is 0.329 e. The van der Waals surface area contributed by atoms with Crippen LogP contribution in [0.1, 0.15) is 46.0 Å². The van der Waals surface area contributed by atoms with Gasteiger partial charge in [-0.05, 0) is 39.3 Å². The van der Waals surface area contributed by atoms with E-state index in [0.717, 1.165) is 29.7 Å². The summed E-state index contributed by atoms with van der Waals surface area (Å²) in [7, 11) is 0. The smallest absolute Gasteiger partial charge is 0.329 e. The first-order valence-electron chi connectivity index (χ1n) is 7.41. The molecule has 0 saturated carbocycles. The average molecular weight is 289 g/mol. The Balaban J connectivity index is 2.52. The molecule has 0 aliphatic heterocycles. The fourth-order valence-corrected chi connectivity index (χ4v) is 2.46. The summed E-state index contributed by atoms with van der Waals surface area (Å²) in [5.74, 6) is 0.627. The van der Waals surface area contributed by atoms with Crippen molar-refractivity contribution < 1.29 is 9.53 Å². The van der Waals surface area contributed by atoms with Crippen molar-refractivity contribution in [2.75, 3.05) is 5.73 Å². The molecule has 5 heteroatoms. The van der Waals surface area contributed by atoms with Crippen molar-refractivity contribution in [3.05, 3.63) is 24.0 Å². The largest absolute Gasteiger partial charge is 0.461 e. The second-order valence-electron chi connectivity index (χ2n) is 5.52. The Hall–Kier alpha value is -2.04. The molecule has 0 fully saturated rings. The summed E-state index contributed by atoms with van der Waals surface area (Å²) in [4.78, 5) is 16.8. The first-order valence-corrected chi connectivity index (χ1v) is 7.41.